The van der Waals surface area contributed by atoms with Crippen molar-refractivity contribution in [1.29, 1.82) is 0 Å². The molecule has 0 aliphatic rings. The Morgan fingerprint density at radius 2 is 1.86 bits per heavy atom. The van der Waals surface area contributed by atoms with Crippen molar-refractivity contribution in [2.45, 2.75) is 33.1 Å². The third-order valence-corrected chi connectivity index (χ3v) is 3.17. The molecule has 1 aromatic rings. The van der Waals surface area contributed by atoms with Crippen LogP contribution < -0.4 is 0 Å². The maximum atomic E-state index is 9.26. The summed E-state index contributed by atoms with van der Waals surface area (Å²) in [6.45, 7) is 8.19. The lowest BCUT2D eigenvalue weighted by Crippen LogP contribution is -2.22. The van der Waals surface area contributed by atoms with Crippen molar-refractivity contribution in [2.75, 3.05) is 6.61 Å². The van der Waals surface area contributed by atoms with E-state index in [0.717, 1.165) is 16.1 Å². The Bertz CT molecular complexity index is 319. The van der Waals surface area contributed by atoms with Gasteiger partial charge in [-0.3, -0.25) is 0 Å². The predicted octanol–water partition coefficient (Wildman–Crippen LogP) is 3.23. The van der Waals surface area contributed by atoms with Crippen molar-refractivity contribution in [3.05, 3.63) is 33.8 Å². The van der Waals surface area contributed by atoms with E-state index in [1.807, 2.05) is 33.8 Å². The minimum Gasteiger partial charge on any atom is -0.395 e. The summed E-state index contributed by atoms with van der Waals surface area (Å²) >= 11 is 6.10. The molecule has 0 radical (unpaired) electrons. The average molecular weight is 213 g/mol. The molecule has 1 rings (SSSR count). The van der Waals surface area contributed by atoms with Crippen LogP contribution in [-0.4, -0.2) is 11.7 Å². The molecule has 1 aromatic carbocycles. The summed E-state index contributed by atoms with van der Waals surface area (Å²) in [7, 11) is 0. The number of hydrogen-bond donors (Lipinski definition) is 1. The highest BCUT2D eigenvalue weighted by molar-refractivity contribution is 6.31. The molecule has 0 heterocycles. The van der Waals surface area contributed by atoms with Crippen LogP contribution in [0.2, 0.25) is 5.02 Å². The van der Waals surface area contributed by atoms with Crippen LogP contribution in [0.1, 0.15) is 30.5 Å². The lowest BCUT2D eigenvalue weighted by molar-refractivity contribution is 0.218. The van der Waals surface area contributed by atoms with Gasteiger partial charge in [0.15, 0.2) is 0 Å². The minimum atomic E-state index is -0.220. The summed E-state index contributed by atoms with van der Waals surface area (Å²) in [6, 6.07) is 4.04. The SMILES string of the molecule is Cc1cc(C(C)(C)CO)cc(Cl)c1C. The molecule has 0 aliphatic carbocycles. The highest BCUT2D eigenvalue weighted by atomic mass is 35.5. The second kappa shape index (κ2) is 3.92. The number of aryl methyl sites for hydroxylation is 1. The fourth-order valence-corrected chi connectivity index (χ4v) is 1.56. The molecule has 14 heavy (non-hydrogen) atoms. The molecule has 0 saturated heterocycles. The molecular weight excluding hydrogens is 196 g/mol. The monoisotopic (exact) mass is 212 g/mol. The Morgan fingerprint density at radius 3 is 2.29 bits per heavy atom. The molecule has 0 aromatic heterocycles. The van der Waals surface area contributed by atoms with Crippen LogP contribution in [-0.2, 0) is 5.41 Å². The summed E-state index contributed by atoms with van der Waals surface area (Å²) < 4.78 is 0. The van der Waals surface area contributed by atoms with Gasteiger partial charge in [-0.05, 0) is 36.6 Å². The molecule has 0 saturated carbocycles. The van der Waals surface area contributed by atoms with E-state index in [2.05, 4.69) is 6.07 Å². The van der Waals surface area contributed by atoms with Gasteiger partial charge in [-0.25, -0.2) is 0 Å². The molecular formula is C12H17ClO. The van der Waals surface area contributed by atoms with Gasteiger partial charge in [0.1, 0.15) is 0 Å². The minimum absolute atomic E-state index is 0.131. The summed E-state index contributed by atoms with van der Waals surface area (Å²) in [5.41, 5.74) is 3.16. The normalized spacial score (nSPS) is 11.9. The summed E-state index contributed by atoms with van der Waals surface area (Å²) in [4.78, 5) is 0. The van der Waals surface area contributed by atoms with Crippen LogP contribution in [0.4, 0.5) is 0 Å². The summed E-state index contributed by atoms with van der Waals surface area (Å²) in [5.74, 6) is 0. The van der Waals surface area contributed by atoms with Crippen molar-refractivity contribution in [1.82, 2.24) is 0 Å². The molecule has 0 aliphatic heterocycles. The lowest BCUT2D eigenvalue weighted by atomic mass is 9.84. The van der Waals surface area contributed by atoms with Crippen LogP contribution in [0.15, 0.2) is 12.1 Å². The fraction of sp³-hybridized carbons (Fsp3) is 0.500. The lowest BCUT2D eigenvalue weighted by Gasteiger charge is -2.23. The van der Waals surface area contributed by atoms with Crippen molar-refractivity contribution in [3.63, 3.8) is 0 Å². The Balaban J connectivity index is 3.26. The fourth-order valence-electron chi connectivity index (χ4n) is 1.30. The highest BCUT2D eigenvalue weighted by Crippen LogP contribution is 2.29. The van der Waals surface area contributed by atoms with Gasteiger partial charge < -0.3 is 5.11 Å². The van der Waals surface area contributed by atoms with E-state index in [4.69, 9.17) is 11.6 Å². The van der Waals surface area contributed by atoms with Crippen LogP contribution in [0.3, 0.4) is 0 Å². The predicted molar refractivity (Wildman–Crippen MR) is 61.0 cm³/mol. The molecule has 1 N–H and O–H groups in total. The van der Waals surface area contributed by atoms with Crippen LogP contribution >= 0.6 is 11.6 Å². The van der Waals surface area contributed by atoms with Crippen molar-refractivity contribution in [2.24, 2.45) is 0 Å². The second-order valence-electron chi connectivity index (χ2n) is 4.44. The molecule has 0 fully saturated rings. The number of halogens is 1. The maximum absolute atomic E-state index is 9.26. The third kappa shape index (κ3) is 2.10. The van der Waals surface area contributed by atoms with Gasteiger partial charge in [0, 0.05) is 10.4 Å². The van der Waals surface area contributed by atoms with Gasteiger partial charge in [0.05, 0.1) is 6.61 Å². The first-order valence-electron chi connectivity index (χ1n) is 4.76. The molecule has 2 heteroatoms. The quantitative estimate of drug-likeness (QED) is 0.798. The largest absolute Gasteiger partial charge is 0.395 e. The van der Waals surface area contributed by atoms with Crippen molar-refractivity contribution >= 4 is 11.6 Å². The zero-order valence-corrected chi connectivity index (χ0v) is 9.94. The topological polar surface area (TPSA) is 20.2 Å². The number of benzene rings is 1. The molecule has 0 unspecified atom stereocenters. The zero-order valence-electron chi connectivity index (χ0n) is 9.19. The van der Waals surface area contributed by atoms with E-state index in [1.54, 1.807) is 0 Å². The standard InChI is InChI=1S/C12H17ClO/c1-8-5-10(12(3,4)7-14)6-11(13)9(8)2/h5-6,14H,7H2,1-4H3. The third-order valence-electron chi connectivity index (χ3n) is 2.78. The van der Waals surface area contributed by atoms with E-state index in [0.29, 0.717) is 0 Å². The van der Waals surface area contributed by atoms with Crippen molar-refractivity contribution < 1.29 is 5.11 Å². The second-order valence-corrected chi connectivity index (χ2v) is 4.85. The van der Waals surface area contributed by atoms with Crippen LogP contribution in [0.5, 0.6) is 0 Å². The first kappa shape index (κ1) is 11.5. The first-order valence-corrected chi connectivity index (χ1v) is 5.14. The van der Waals surface area contributed by atoms with Crippen LogP contribution in [0.25, 0.3) is 0 Å². The average Bonchev–Trinajstić information content (AvgIpc) is 2.13. The number of aliphatic hydroxyl groups is 1. The van der Waals surface area contributed by atoms with Gasteiger partial charge >= 0.3 is 0 Å². The van der Waals surface area contributed by atoms with E-state index in [9.17, 15) is 5.11 Å². The first-order chi connectivity index (χ1) is 6.38. The van der Waals surface area contributed by atoms with Gasteiger partial charge in [-0.1, -0.05) is 31.5 Å². The van der Waals surface area contributed by atoms with E-state index in [-0.39, 0.29) is 12.0 Å². The van der Waals surface area contributed by atoms with Gasteiger partial charge in [0.2, 0.25) is 0 Å². The summed E-state index contributed by atoms with van der Waals surface area (Å²) in [5, 5.41) is 10.0. The number of rotatable bonds is 2. The Hall–Kier alpha value is -0.530. The molecule has 0 spiro atoms. The molecule has 0 amide bonds. The van der Waals surface area contributed by atoms with E-state index < -0.39 is 0 Å². The van der Waals surface area contributed by atoms with Crippen molar-refractivity contribution in [3.8, 4) is 0 Å². The Morgan fingerprint density at radius 1 is 1.29 bits per heavy atom. The summed E-state index contributed by atoms with van der Waals surface area (Å²) in [6.07, 6.45) is 0. The highest BCUT2D eigenvalue weighted by Gasteiger charge is 2.20. The molecule has 0 bridgehead atoms. The Labute approximate surface area is 90.7 Å². The maximum Gasteiger partial charge on any atom is 0.0522 e. The van der Waals surface area contributed by atoms with Gasteiger partial charge in [-0.15, -0.1) is 0 Å². The number of hydrogen-bond acceptors (Lipinski definition) is 1. The van der Waals surface area contributed by atoms with Gasteiger partial charge in [0.25, 0.3) is 0 Å². The van der Waals surface area contributed by atoms with E-state index >= 15 is 0 Å². The zero-order chi connectivity index (χ0) is 10.9. The molecule has 0 atom stereocenters. The van der Waals surface area contributed by atoms with E-state index in [1.165, 1.54) is 5.56 Å². The molecule has 78 valence electrons. The molecule has 1 nitrogen and oxygen atoms in total. The Kier molecular flexibility index (Phi) is 3.23. The van der Waals surface area contributed by atoms with Gasteiger partial charge in [-0.2, -0.15) is 0 Å². The van der Waals surface area contributed by atoms with Crippen LogP contribution in [0, 0.1) is 13.8 Å². The smallest absolute Gasteiger partial charge is 0.0522 e. The number of aliphatic hydroxyl groups excluding tert-OH is 1.